The van der Waals surface area contributed by atoms with Crippen LogP contribution in [0.3, 0.4) is 0 Å². The molecule has 25 heavy (non-hydrogen) atoms. The lowest BCUT2D eigenvalue weighted by Crippen LogP contribution is -2.44. The number of nitrogens with one attached hydrogen (secondary N) is 1. The van der Waals surface area contributed by atoms with Crippen LogP contribution in [0, 0.1) is 0 Å². The van der Waals surface area contributed by atoms with Crippen molar-refractivity contribution in [3.05, 3.63) is 64.1 Å². The molecular formula is C19H19BrN4O. The first-order valence-corrected chi connectivity index (χ1v) is 9.19. The monoisotopic (exact) mass is 398 g/mol. The second kappa shape index (κ2) is 6.98. The molecule has 0 atom stereocenters. The van der Waals surface area contributed by atoms with Crippen LogP contribution in [0.25, 0.3) is 0 Å². The summed E-state index contributed by atoms with van der Waals surface area (Å²) in [5.74, 6) is -0.125. The summed E-state index contributed by atoms with van der Waals surface area (Å²) in [6.45, 7) is 4.50. The number of piperazine rings is 1. The van der Waals surface area contributed by atoms with Crippen LogP contribution in [-0.2, 0) is 11.3 Å². The number of benzene rings is 2. The van der Waals surface area contributed by atoms with E-state index < -0.39 is 0 Å². The van der Waals surface area contributed by atoms with Gasteiger partial charge in [-0.15, -0.1) is 0 Å². The zero-order valence-corrected chi connectivity index (χ0v) is 15.4. The van der Waals surface area contributed by atoms with Gasteiger partial charge in [-0.1, -0.05) is 46.3 Å². The van der Waals surface area contributed by atoms with Crippen LogP contribution in [0.5, 0.6) is 0 Å². The van der Waals surface area contributed by atoms with Crippen LogP contribution in [0.15, 0.2) is 58.1 Å². The van der Waals surface area contributed by atoms with E-state index in [1.807, 2.05) is 29.3 Å². The van der Waals surface area contributed by atoms with Gasteiger partial charge < -0.3 is 5.32 Å². The third-order valence-corrected chi connectivity index (χ3v) is 5.03. The number of halogens is 1. The van der Waals surface area contributed by atoms with Crippen LogP contribution in [0.4, 0.5) is 5.69 Å². The second-order valence-electron chi connectivity index (χ2n) is 6.31. The Morgan fingerprint density at radius 1 is 1.04 bits per heavy atom. The third kappa shape index (κ3) is 3.60. The largest absolute Gasteiger partial charge is 0.320 e. The first kappa shape index (κ1) is 16.3. The van der Waals surface area contributed by atoms with Crippen molar-refractivity contribution in [2.24, 2.45) is 5.10 Å². The molecule has 0 bridgehead atoms. The van der Waals surface area contributed by atoms with Crippen molar-refractivity contribution in [1.82, 2.24) is 9.91 Å². The number of hydrazone groups is 1. The van der Waals surface area contributed by atoms with Crippen molar-refractivity contribution < 1.29 is 4.79 Å². The molecule has 1 saturated heterocycles. The Labute approximate surface area is 155 Å². The smallest absolute Gasteiger partial charge is 0.276 e. The molecule has 0 radical (unpaired) electrons. The minimum Gasteiger partial charge on any atom is -0.320 e. The highest BCUT2D eigenvalue weighted by atomic mass is 79.9. The molecule has 0 aliphatic carbocycles. The molecule has 0 saturated carbocycles. The highest BCUT2D eigenvalue weighted by Crippen LogP contribution is 2.27. The SMILES string of the molecule is O=C1Nc2ccc(Br)cc2/C1=N/N1CCN(Cc2ccccc2)CC1. The van der Waals surface area contributed by atoms with Gasteiger partial charge in [0.15, 0.2) is 5.71 Å². The Bertz CT molecular complexity index is 813. The van der Waals surface area contributed by atoms with Gasteiger partial charge in [0.25, 0.3) is 5.91 Å². The first-order chi connectivity index (χ1) is 12.2. The predicted molar refractivity (Wildman–Crippen MR) is 103 cm³/mol. The van der Waals surface area contributed by atoms with E-state index >= 15 is 0 Å². The number of nitrogens with zero attached hydrogens (tertiary/aromatic N) is 3. The normalized spacial score (nSPS) is 19.2. The van der Waals surface area contributed by atoms with Crippen LogP contribution in [0.1, 0.15) is 11.1 Å². The molecule has 1 N–H and O–H groups in total. The molecular weight excluding hydrogens is 380 g/mol. The van der Waals surface area contributed by atoms with E-state index in [1.165, 1.54) is 5.56 Å². The molecule has 5 nitrogen and oxygen atoms in total. The van der Waals surface area contributed by atoms with Crippen molar-refractivity contribution in [3.8, 4) is 0 Å². The Morgan fingerprint density at radius 3 is 2.56 bits per heavy atom. The van der Waals surface area contributed by atoms with Crippen molar-refractivity contribution in [1.29, 1.82) is 0 Å². The molecule has 4 rings (SSSR count). The summed E-state index contributed by atoms with van der Waals surface area (Å²) in [5.41, 5.74) is 3.53. The lowest BCUT2D eigenvalue weighted by molar-refractivity contribution is -0.110. The summed E-state index contributed by atoms with van der Waals surface area (Å²) >= 11 is 3.46. The van der Waals surface area contributed by atoms with Crippen LogP contribution >= 0.6 is 15.9 Å². The van der Waals surface area contributed by atoms with E-state index in [0.717, 1.165) is 48.4 Å². The highest BCUT2D eigenvalue weighted by molar-refractivity contribution is 9.10. The fourth-order valence-corrected chi connectivity index (χ4v) is 3.56. The van der Waals surface area contributed by atoms with Crippen molar-refractivity contribution in [2.45, 2.75) is 6.54 Å². The number of fused-ring (bicyclic) bond motifs is 1. The number of hydrogen-bond donors (Lipinski definition) is 1. The van der Waals surface area contributed by atoms with Crippen molar-refractivity contribution in [3.63, 3.8) is 0 Å². The van der Waals surface area contributed by atoms with Gasteiger partial charge in [-0.3, -0.25) is 14.7 Å². The maximum absolute atomic E-state index is 12.2. The van der Waals surface area contributed by atoms with Gasteiger partial charge in [0, 0.05) is 42.8 Å². The first-order valence-electron chi connectivity index (χ1n) is 8.40. The molecule has 0 spiro atoms. The van der Waals surface area contributed by atoms with Gasteiger partial charge >= 0.3 is 0 Å². The maximum atomic E-state index is 12.2. The summed E-state index contributed by atoms with van der Waals surface area (Å²) in [4.78, 5) is 14.6. The molecule has 1 amide bonds. The zero-order chi connectivity index (χ0) is 17.2. The Morgan fingerprint density at radius 2 is 1.80 bits per heavy atom. The van der Waals surface area contributed by atoms with Crippen LogP contribution in [0.2, 0.25) is 0 Å². The molecule has 2 heterocycles. The molecule has 2 aliphatic heterocycles. The zero-order valence-electron chi connectivity index (χ0n) is 13.8. The van der Waals surface area contributed by atoms with Gasteiger partial charge in [0.1, 0.15) is 0 Å². The van der Waals surface area contributed by atoms with E-state index in [2.05, 4.69) is 55.5 Å². The topological polar surface area (TPSA) is 47.9 Å². The average molecular weight is 399 g/mol. The predicted octanol–water partition coefficient (Wildman–Crippen LogP) is 2.92. The minimum absolute atomic E-state index is 0.125. The van der Waals surface area contributed by atoms with E-state index in [0.29, 0.717) is 5.71 Å². The molecule has 2 aromatic rings. The van der Waals surface area contributed by atoms with Crippen molar-refractivity contribution >= 4 is 33.2 Å². The number of amides is 1. The minimum atomic E-state index is -0.125. The van der Waals surface area contributed by atoms with E-state index in [4.69, 9.17) is 0 Å². The number of carbonyl (C=O) groups excluding carboxylic acids is 1. The quantitative estimate of drug-likeness (QED) is 0.864. The summed E-state index contributed by atoms with van der Waals surface area (Å²) in [6, 6.07) is 16.3. The van der Waals surface area contributed by atoms with Gasteiger partial charge in [-0.05, 0) is 23.8 Å². The number of carbonyl (C=O) groups is 1. The maximum Gasteiger partial charge on any atom is 0.276 e. The number of anilines is 1. The number of rotatable bonds is 3. The van der Waals surface area contributed by atoms with Crippen LogP contribution < -0.4 is 5.32 Å². The Hall–Kier alpha value is -2.18. The number of hydrogen-bond acceptors (Lipinski definition) is 4. The fourth-order valence-electron chi connectivity index (χ4n) is 3.20. The van der Waals surface area contributed by atoms with Gasteiger partial charge in [0.05, 0.1) is 5.69 Å². The van der Waals surface area contributed by atoms with Gasteiger partial charge in [-0.2, -0.15) is 5.10 Å². The lowest BCUT2D eigenvalue weighted by atomic mass is 10.1. The van der Waals surface area contributed by atoms with E-state index in [9.17, 15) is 4.79 Å². The summed E-state index contributed by atoms with van der Waals surface area (Å²) in [6.07, 6.45) is 0. The summed E-state index contributed by atoms with van der Waals surface area (Å²) in [7, 11) is 0. The Balaban J connectivity index is 1.43. The Kier molecular flexibility index (Phi) is 4.55. The third-order valence-electron chi connectivity index (χ3n) is 4.54. The second-order valence-corrected chi connectivity index (χ2v) is 7.22. The molecule has 2 aliphatic rings. The molecule has 1 fully saturated rings. The lowest BCUT2D eigenvalue weighted by Gasteiger charge is -2.33. The molecule has 128 valence electrons. The molecule has 6 heteroatoms. The molecule has 0 unspecified atom stereocenters. The highest BCUT2D eigenvalue weighted by Gasteiger charge is 2.27. The standard InChI is InChI=1S/C19H19BrN4O/c20-15-6-7-17-16(12-15)18(19(25)21-17)22-24-10-8-23(9-11-24)13-14-4-2-1-3-5-14/h1-7,12H,8-11,13H2,(H,21,22,25). The van der Waals surface area contributed by atoms with Gasteiger partial charge in [0.2, 0.25) is 0 Å². The van der Waals surface area contributed by atoms with Gasteiger partial charge in [-0.25, -0.2) is 0 Å². The fraction of sp³-hybridized carbons (Fsp3) is 0.263. The van der Waals surface area contributed by atoms with Crippen molar-refractivity contribution in [2.75, 3.05) is 31.5 Å². The summed E-state index contributed by atoms with van der Waals surface area (Å²) in [5, 5.41) is 9.51. The van der Waals surface area contributed by atoms with E-state index in [-0.39, 0.29) is 5.91 Å². The summed E-state index contributed by atoms with van der Waals surface area (Å²) < 4.78 is 0.947. The molecule has 2 aromatic carbocycles. The van der Waals surface area contributed by atoms with E-state index in [1.54, 1.807) is 0 Å². The van der Waals surface area contributed by atoms with Crippen LogP contribution in [-0.4, -0.2) is 47.7 Å². The average Bonchev–Trinajstić information content (AvgIpc) is 2.93. The molecule has 0 aromatic heterocycles.